The molecule has 3 rings (SSSR count). The fourth-order valence-electron chi connectivity index (χ4n) is 5.62. The van der Waals surface area contributed by atoms with Crippen LogP contribution in [0.2, 0.25) is 0 Å². The van der Waals surface area contributed by atoms with Crippen LogP contribution in [-0.4, -0.2) is 27.7 Å². The molecule has 0 amide bonds. The first kappa shape index (κ1) is 23.3. The first-order valence-electron chi connectivity index (χ1n) is 11.2. The Morgan fingerprint density at radius 2 is 1.86 bits per heavy atom. The monoisotopic (exact) mass is 390 g/mol. The molecule has 0 aromatic rings. The molecule has 0 bridgehead atoms. The van der Waals surface area contributed by atoms with Gasteiger partial charge in [-0.15, -0.1) is 0 Å². The summed E-state index contributed by atoms with van der Waals surface area (Å²) >= 11 is 0. The summed E-state index contributed by atoms with van der Waals surface area (Å²) in [7, 11) is 0. The normalized spacial score (nSPS) is 33.6. The van der Waals surface area contributed by atoms with E-state index in [1.807, 2.05) is 0 Å². The molecule has 3 heteroatoms. The Kier molecular flexibility index (Phi) is 8.51. The molecule has 3 fully saturated rings. The Labute approximate surface area is 172 Å². The maximum Gasteiger partial charge on any atom is 0.163 e. The Balaban J connectivity index is 0.00000280. The number of rotatable bonds is 6. The number of aliphatic hydroxyl groups excluding tert-OH is 1. The summed E-state index contributed by atoms with van der Waals surface area (Å²) in [4.78, 5) is 11.9. The molecule has 3 saturated carbocycles. The molecule has 3 nitrogen and oxygen atoms in total. The molecular formula is C25H42O3. The van der Waals surface area contributed by atoms with Crippen LogP contribution < -0.4 is 0 Å². The average Bonchev–Trinajstić information content (AvgIpc) is 3.03. The van der Waals surface area contributed by atoms with E-state index >= 15 is 0 Å². The SMILES string of the molecule is C.CC(C)(O)C(=O)CCCC1CCC2/C(=C/C=C3/CCC[C@H](O)C3)CCC[C@H]12. The van der Waals surface area contributed by atoms with Crippen molar-refractivity contribution >= 4 is 5.78 Å². The summed E-state index contributed by atoms with van der Waals surface area (Å²) in [5, 5.41) is 19.7. The number of Topliss-reactive ketones (excluding diaryl/α,β-unsaturated/α-hetero) is 1. The summed E-state index contributed by atoms with van der Waals surface area (Å²) in [6.07, 6.45) is 17.6. The summed E-state index contributed by atoms with van der Waals surface area (Å²) < 4.78 is 0. The standard InChI is InChI=1S/C24H38O3.CH4/c1-24(2,27)23(26)11-5-8-19-14-15-22-18(7-4-10-21(19)22)13-12-17-6-3-9-20(25)16-17;/h12-13,19-22,25,27H,3-11,14-16H2,1-2H3;1H4/b17-12-,18-13+;/t19?,20-,21+,22?;/m0./s1. The van der Waals surface area contributed by atoms with Crippen LogP contribution in [-0.2, 0) is 4.79 Å². The number of hydrogen-bond acceptors (Lipinski definition) is 3. The molecule has 0 aromatic carbocycles. The highest BCUT2D eigenvalue weighted by molar-refractivity contribution is 5.86. The maximum absolute atomic E-state index is 11.9. The van der Waals surface area contributed by atoms with Gasteiger partial charge in [-0.1, -0.05) is 30.7 Å². The summed E-state index contributed by atoms with van der Waals surface area (Å²) in [5.74, 6) is 2.25. The molecule has 0 heterocycles. The van der Waals surface area contributed by atoms with E-state index in [2.05, 4.69) is 12.2 Å². The third kappa shape index (κ3) is 6.03. The second-order valence-corrected chi connectivity index (χ2v) is 9.69. The molecule has 0 saturated heterocycles. The van der Waals surface area contributed by atoms with E-state index in [0.717, 1.165) is 56.3 Å². The topological polar surface area (TPSA) is 57.5 Å². The predicted molar refractivity (Wildman–Crippen MR) is 116 cm³/mol. The van der Waals surface area contributed by atoms with Crippen LogP contribution in [0, 0.1) is 17.8 Å². The van der Waals surface area contributed by atoms with E-state index < -0.39 is 5.60 Å². The second-order valence-electron chi connectivity index (χ2n) is 9.69. The molecule has 28 heavy (non-hydrogen) atoms. The maximum atomic E-state index is 11.9. The van der Waals surface area contributed by atoms with E-state index in [-0.39, 0.29) is 19.3 Å². The van der Waals surface area contributed by atoms with Crippen LogP contribution in [0.25, 0.3) is 0 Å². The van der Waals surface area contributed by atoms with Crippen molar-refractivity contribution in [2.45, 2.75) is 110 Å². The highest BCUT2D eigenvalue weighted by Crippen LogP contribution is 2.50. The van der Waals surface area contributed by atoms with Gasteiger partial charge in [0.1, 0.15) is 5.60 Å². The van der Waals surface area contributed by atoms with Crippen molar-refractivity contribution in [1.29, 1.82) is 0 Å². The van der Waals surface area contributed by atoms with E-state index in [1.165, 1.54) is 37.7 Å². The van der Waals surface area contributed by atoms with E-state index in [0.29, 0.717) is 6.42 Å². The van der Waals surface area contributed by atoms with Gasteiger partial charge in [-0.05, 0) is 102 Å². The lowest BCUT2D eigenvalue weighted by Crippen LogP contribution is -2.31. The molecule has 3 aliphatic rings. The van der Waals surface area contributed by atoms with Gasteiger partial charge in [0.15, 0.2) is 5.78 Å². The summed E-state index contributed by atoms with van der Waals surface area (Å²) in [6, 6.07) is 0. The first-order chi connectivity index (χ1) is 12.8. The average molecular weight is 391 g/mol. The number of hydrogen-bond donors (Lipinski definition) is 2. The molecule has 2 unspecified atom stereocenters. The zero-order valence-electron chi connectivity index (χ0n) is 17.3. The highest BCUT2D eigenvalue weighted by Gasteiger charge is 2.39. The molecule has 160 valence electrons. The second kappa shape index (κ2) is 10.2. The molecule has 2 N–H and O–H groups in total. The number of aliphatic hydroxyl groups is 2. The van der Waals surface area contributed by atoms with Crippen LogP contribution >= 0.6 is 0 Å². The molecule has 0 spiro atoms. The number of carbonyl (C=O) groups excluding carboxylic acids is 1. The largest absolute Gasteiger partial charge is 0.393 e. The fourth-order valence-corrected chi connectivity index (χ4v) is 5.62. The summed E-state index contributed by atoms with van der Waals surface area (Å²) in [6.45, 7) is 3.19. The van der Waals surface area contributed by atoms with Crippen molar-refractivity contribution in [1.82, 2.24) is 0 Å². The Hall–Kier alpha value is -0.930. The minimum absolute atomic E-state index is 0. The Morgan fingerprint density at radius 1 is 1.11 bits per heavy atom. The minimum atomic E-state index is -1.18. The van der Waals surface area contributed by atoms with Gasteiger partial charge in [0, 0.05) is 6.42 Å². The van der Waals surface area contributed by atoms with Crippen LogP contribution in [0.1, 0.15) is 98.3 Å². The molecular weight excluding hydrogens is 348 g/mol. The van der Waals surface area contributed by atoms with Gasteiger partial charge in [-0.3, -0.25) is 4.79 Å². The fraction of sp³-hybridized carbons (Fsp3) is 0.800. The van der Waals surface area contributed by atoms with Gasteiger partial charge in [-0.2, -0.15) is 0 Å². The van der Waals surface area contributed by atoms with Gasteiger partial charge >= 0.3 is 0 Å². The van der Waals surface area contributed by atoms with Gasteiger partial charge in [0.25, 0.3) is 0 Å². The number of allylic oxidation sites excluding steroid dienone is 3. The molecule has 0 aliphatic heterocycles. The number of fused-ring (bicyclic) bond motifs is 1. The smallest absolute Gasteiger partial charge is 0.163 e. The molecule has 4 atom stereocenters. The molecule has 3 aliphatic carbocycles. The lowest BCUT2D eigenvalue weighted by molar-refractivity contribution is -0.134. The van der Waals surface area contributed by atoms with Crippen LogP contribution in [0.3, 0.4) is 0 Å². The Morgan fingerprint density at radius 3 is 2.57 bits per heavy atom. The van der Waals surface area contributed by atoms with Gasteiger partial charge in [0.2, 0.25) is 0 Å². The van der Waals surface area contributed by atoms with Crippen molar-refractivity contribution in [2.24, 2.45) is 17.8 Å². The van der Waals surface area contributed by atoms with Gasteiger partial charge < -0.3 is 10.2 Å². The van der Waals surface area contributed by atoms with Crippen molar-refractivity contribution in [3.05, 3.63) is 23.3 Å². The van der Waals surface area contributed by atoms with Crippen molar-refractivity contribution < 1.29 is 15.0 Å². The first-order valence-corrected chi connectivity index (χ1v) is 11.2. The molecule has 0 aromatic heterocycles. The Bertz CT molecular complexity index is 581. The van der Waals surface area contributed by atoms with E-state index in [1.54, 1.807) is 19.4 Å². The summed E-state index contributed by atoms with van der Waals surface area (Å²) in [5.41, 5.74) is 1.87. The number of ketones is 1. The zero-order chi connectivity index (χ0) is 19.4. The van der Waals surface area contributed by atoms with Gasteiger partial charge in [0.05, 0.1) is 6.10 Å². The lowest BCUT2D eigenvalue weighted by Gasteiger charge is -2.32. The lowest BCUT2D eigenvalue weighted by atomic mass is 9.73. The van der Waals surface area contributed by atoms with Crippen molar-refractivity contribution in [3.8, 4) is 0 Å². The van der Waals surface area contributed by atoms with Crippen LogP contribution in [0.5, 0.6) is 0 Å². The van der Waals surface area contributed by atoms with E-state index in [9.17, 15) is 15.0 Å². The van der Waals surface area contributed by atoms with Gasteiger partial charge in [-0.25, -0.2) is 0 Å². The van der Waals surface area contributed by atoms with Crippen LogP contribution in [0.4, 0.5) is 0 Å². The van der Waals surface area contributed by atoms with E-state index in [4.69, 9.17) is 0 Å². The predicted octanol–water partition coefficient (Wildman–Crippen LogP) is 5.75. The zero-order valence-corrected chi connectivity index (χ0v) is 17.3. The van der Waals surface area contributed by atoms with Crippen molar-refractivity contribution in [3.63, 3.8) is 0 Å². The molecule has 0 radical (unpaired) electrons. The number of carbonyl (C=O) groups is 1. The quantitative estimate of drug-likeness (QED) is 0.607. The third-order valence-electron chi connectivity index (χ3n) is 7.18. The highest BCUT2D eigenvalue weighted by atomic mass is 16.3. The third-order valence-corrected chi connectivity index (χ3v) is 7.18. The van der Waals surface area contributed by atoms with Crippen LogP contribution in [0.15, 0.2) is 23.3 Å². The van der Waals surface area contributed by atoms with Crippen molar-refractivity contribution in [2.75, 3.05) is 0 Å². The minimum Gasteiger partial charge on any atom is -0.393 e.